The fourth-order valence-corrected chi connectivity index (χ4v) is 2.35. The molecule has 2 fully saturated rings. The summed E-state index contributed by atoms with van der Waals surface area (Å²) in [6.07, 6.45) is 5.02. The zero-order chi connectivity index (χ0) is 11.6. The highest BCUT2D eigenvalue weighted by atomic mass is 16.5. The Hall–Kier alpha value is -0.770. The number of guanidine groups is 1. The fraction of sp³-hybridized carbons (Fsp3) is 0.917. The van der Waals surface area contributed by atoms with E-state index >= 15 is 0 Å². The van der Waals surface area contributed by atoms with Gasteiger partial charge in [-0.05, 0) is 31.1 Å². The van der Waals surface area contributed by atoms with Gasteiger partial charge in [-0.25, -0.2) is 0 Å². The van der Waals surface area contributed by atoms with Gasteiger partial charge in [0.2, 0.25) is 0 Å². The summed E-state index contributed by atoms with van der Waals surface area (Å²) in [4.78, 5) is 4.35. The van der Waals surface area contributed by atoms with Crippen LogP contribution in [0.3, 0.4) is 0 Å². The zero-order valence-corrected chi connectivity index (χ0v) is 10.3. The van der Waals surface area contributed by atoms with Crippen molar-refractivity contribution >= 4 is 5.96 Å². The van der Waals surface area contributed by atoms with Gasteiger partial charge in [-0.15, -0.1) is 0 Å². The molecule has 3 N–H and O–H groups in total. The van der Waals surface area contributed by atoms with Gasteiger partial charge in [-0.3, -0.25) is 4.99 Å². The second-order valence-corrected chi connectivity index (χ2v) is 5.59. The molecule has 1 saturated heterocycles. The van der Waals surface area contributed by atoms with Gasteiger partial charge in [0.15, 0.2) is 5.96 Å². The second kappa shape index (κ2) is 4.62. The molecule has 4 nitrogen and oxygen atoms in total. The van der Waals surface area contributed by atoms with Crippen molar-refractivity contribution in [1.29, 1.82) is 0 Å². The Bertz CT molecular complexity index is 269. The van der Waals surface area contributed by atoms with E-state index in [9.17, 15) is 0 Å². The number of nitrogens with zero attached hydrogens (tertiary/aromatic N) is 1. The lowest BCUT2D eigenvalue weighted by Crippen LogP contribution is -2.54. The quantitative estimate of drug-likeness (QED) is 0.561. The van der Waals surface area contributed by atoms with E-state index < -0.39 is 0 Å². The summed E-state index contributed by atoms with van der Waals surface area (Å²) in [6, 6.07) is 0.487. The van der Waals surface area contributed by atoms with E-state index in [1.165, 1.54) is 12.8 Å². The number of nitrogens with one attached hydrogen (secondary N) is 1. The van der Waals surface area contributed by atoms with Gasteiger partial charge in [0.1, 0.15) is 0 Å². The molecule has 0 radical (unpaired) electrons. The first kappa shape index (κ1) is 11.7. The van der Waals surface area contributed by atoms with E-state index in [2.05, 4.69) is 24.2 Å². The highest BCUT2D eigenvalue weighted by Crippen LogP contribution is 2.39. The van der Waals surface area contributed by atoms with E-state index in [0.29, 0.717) is 24.0 Å². The van der Waals surface area contributed by atoms with Crippen molar-refractivity contribution in [2.45, 2.75) is 51.7 Å². The summed E-state index contributed by atoms with van der Waals surface area (Å²) in [5.41, 5.74) is 6.23. The molecule has 2 unspecified atom stereocenters. The monoisotopic (exact) mass is 225 g/mol. The van der Waals surface area contributed by atoms with E-state index in [-0.39, 0.29) is 6.10 Å². The normalized spacial score (nSPS) is 33.5. The van der Waals surface area contributed by atoms with Crippen molar-refractivity contribution in [3.63, 3.8) is 0 Å². The third kappa shape index (κ3) is 2.67. The van der Waals surface area contributed by atoms with Gasteiger partial charge < -0.3 is 15.8 Å². The molecule has 0 aromatic heterocycles. The van der Waals surface area contributed by atoms with Crippen molar-refractivity contribution in [2.24, 2.45) is 16.1 Å². The van der Waals surface area contributed by atoms with Crippen LogP contribution in [0.1, 0.15) is 39.5 Å². The van der Waals surface area contributed by atoms with Gasteiger partial charge in [-0.1, -0.05) is 13.8 Å². The first-order chi connectivity index (χ1) is 7.58. The second-order valence-electron chi connectivity index (χ2n) is 5.59. The van der Waals surface area contributed by atoms with Crippen LogP contribution in [-0.4, -0.2) is 31.3 Å². The molecule has 92 valence electrons. The Kier molecular flexibility index (Phi) is 3.38. The molecule has 0 bridgehead atoms. The molecule has 2 aliphatic rings. The predicted octanol–water partition coefficient (Wildman–Crippen LogP) is 1.26. The van der Waals surface area contributed by atoms with Crippen molar-refractivity contribution in [1.82, 2.24) is 5.32 Å². The molecule has 1 aliphatic carbocycles. The van der Waals surface area contributed by atoms with Gasteiger partial charge in [0.05, 0.1) is 12.6 Å². The maximum absolute atomic E-state index is 5.87. The Labute approximate surface area is 97.6 Å². The van der Waals surface area contributed by atoms with Gasteiger partial charge in [0.25, 0.3) is 0 Å². The summed E-state index contributed by atoms with van der Waals surface area (Å²) < 4.78 is 5.50. The van der Waals surface area contributed by atoms with E-state index in [4.69, 9.17) is 10.5 Å². The van der Waals surface area contributed by atoms with Crippen LogP contribution in [0.25, 0.3) is 0 Å². The van der Waals surface area contributed by atoms with Crippen molar-refractivity contribution in [3.05, 3.63) is 0 Å². The zero-order valence-electron chi connectivity index (χ0n) is 10.3. The molecule has 4 heteroatoms. The van der Waals surface area contributed by atoms with Crippen LogP contribution in [-0.2, 0) is 4.74 Å². The number of ether oxygens (including phenoxy) is 1. The molecule has 16 heavy (non-hydrogen) atoms. The average Bonchev–Trinajstić information content (AvgIpc) is 2.74. The molecule has 0 aromatic carbocycles. The standard InChI is InChI=1S/C12H23N3O/c1-12(2)6-5-10(12)15-11(13)14-8-9-4-3-7-16-9/h9-10H,3-8H2,1-2H3,(H3,13,14,15). The Morgan fingerprint density at radius 1 is 1.50 bits per heavy atom. The van der Waals surface area contributed by atoms with Crippen molar-refractivity contribution in [3.8, 4) is 0 Å². The van der Waals surface area contributed by atoms with Crippen LogP contribution in [0.5, 0.6) is 0 Å². The van der Waals surface area contributed by atoms with E-state index in [1.807, 2.05) is 0 Å². The number of nitrogens with two attached hydrogens (primary N) is 1. The van der Waals surface area contributed by atoms with Crippen LogP contribution in [0, 0.1) is 5.41 Å². The fourth-order valence-electron chi connectivity index (χ4n) is 2.35. The smallest absolute Gasteiger partial charge is 0.188 e. The van der Waals surface area contributed by atoms with Crippen LogP contribution in [0.15, 0.2) is 4.99 Å². The Balaban J connectivity index is 1.74. The minimum absolute atomic E-state index is 0.287. The third-order valence-electron chi connectivity index (χ3n) is 3.83. The summed E-state index contributed by atoms with van der Waals surface area (Å²) in [5.74, 6) is 0.577. The molecule has 2 atom stereocenters. The number of hydrogen-bond acceptors (Lipinski definition) is 2. The van der Waals surface area contributed by atoms with Crippen LogP contribution in [0.4, 0.5) is 0 Å². The molecule has 1 saturated carbocycles. The molecular weight excluding hydrogens is 202 g/mol. The number of aliphatic imine (C=N–C) groups is 1. The Morgan fingerprint density at radius 3 is 2.81 bits per heavy atom. The van der Waals surface area contributed by atoms with Gasteiger partial charge >= 0.3 is 0 Å². The summed E-state index contributed by atoms with van der Waals surface area (Å²) in [5, 5.41) is 3.30. The van der Waals surface area contributed by atoms with Crippen LogP contribution < -0.4 is 11.1 Å². The molecule has 1 heterocycles. The van der Waals surface area contributed by atoms with E-state index in [0.717, 1.165) is 19.4 Å². The Morgan fingerprint density at radius 2 is 2.31 bits per heavy atom. The molecule has 1 aliphatic heterocycles. The average molecular weight is 225 g/mol. The van der Waals surface area contributed by atoms with Crippen molar-refractivity contribution < 1.29 is 4.74 Å². The maximum Gasteiger partial charge on any atom is 0.188 e. The predicted molar refractivity (Wildman–Crippen MR) is 65.4 cm³/mol. The summed E-state index contributed by atoms with van der Waals surface area (Å²) in [7, 11) is 0. The van der Waals surface area contributed by atoms with Crippen LogP contribution in [0.2, 0.25) is 0 Å². The summed E-state index contributed by atoms with van der Waals surface area (Å²) >= 11 is 0. The topological polar surface area (TPSA) is 59.6 Å². The minimum Gasteiger partial charge on any atom is -0.376 e. The molecule has 2 rings (SSSR count). The first-order valence-corrected chi connectivity index (χ1v) is 6.26. The third-order valence-corrected chi connectivity index (χ3v) is 3.83. The van der Waals surface area contributed by atoms with Gasteiger partial charge in [0, 0.05) is 12.6 Å². The lowest BCUT2D eigenvalue weighted by Gasteiger charge is -2.45. The lowest BCUT2D eigenvalue weighted by atomic mass is 9.67. The lowest BCUT2D eigenvalue weighted by molar-refractivity contribution is 0.116. The molecule has 0 amide bonds. The first-order valence-electron chi connectivity index (χ1n) is 6.26. The number of rotatable bonds is 3. The van der Waals surface area contributed by atoms with Crippen LogP contribution >= 0.6 is 0 Å². The minimum atomic E-state index is 0.287. The highest BCUT2D eigenvalue weighted by molar-refractivity contribution is 5.78. The molecule has 0 aromatic rings. The van der Waals surface area contributed by atoms with Gasteiger partial charge in [-0.2, -0.15) is 0 Å². The molecular formula is C12H23N3O. The number of hydrogen-bond donors (Lipinski definition) is 2. The van der Waals surface area contributed by atoms with Crippen molar-refractivity contribution in [2.75, 3.05) is 13.2 Å². The molecule has 0 spiro atoms. The largest absolute Gasteiger partial charge is 0.376 e. The maximum atomic E-state index is 5.87. The van der Waals surface area contributed by atoms with E-state index in [1.54, 1.807) is 0 Å². The SMILES string of the molecule is CC1(C)CCC1NC(N)=NCC1CCCO1. The summed E-state index contributed by atoms with van der Waals surface area (Å²) in [6.45, 7) is 6.11. The highest BCUT2D eigenvalue weighted by Gasteiger charge is 2.38.